The summed E-state index contributed by atoms with van der Waals surface area (Å²) in [6.07, 6.45) is 0. The summed E-state index contributed by atoms with van der Waals surface area (Å²) in [6, 6.07) is 13.6. The fourth-order valence-corrected chi connectivity index (χ4v) is 1.60. The molecule has 2 aromatic rings. The largest absolute Gasteiger partial charge is 0.330 e. The van der Waals surface area contributed by atoms with Crippen molar-refractivity contribution in [3.05, 3.63) is 66.0 Å². The van der Waals surface area contributed by atoms with E-state index in [4.69, 9.17) is 0 Å². The van der Waals surface area contributed by atoms with E-state index >= 15 is 0 Å². The van der Waals surface area contributed by atoms with Crippen molar-refractivity contribution in [2.45, 2.75) is 0 Å². The van der Waals surface area contributed by atoms with Gasteiger partial charge in [-0.3, -0.25) is 4.79 Å². The van der Waals surface area contributed by atoms with Gasteiger partial charge in [0.25, 0.3) is 0 Å². The van der Waals surface area contributed by atoms with Gasteiger partial charge in [-0.05, 0) is 36.4 Å². The van der Waals surface area contributed by atoms with Crippen LogP contribution >= 0.6 is 0 Å². The lowest BCUT2D eigenvalue weighted by Gasteiger charge is -2.07. The fraction of sp³-hybridized carbons (Fsp3) is 0.0667. The smallest absolute Gasteiger partial charge is 0.319 e. The highest BCUT2D eigenvalue weighted by molar-refractivity contribution is 6.00. The van der Waals surface area contributed by atoms with Crippen molar-refractivity contribution in [2.24, 2.45) is 0 Å². The summed E-state index contributed by atoms with van der Waals surface area (Å²) in [7, 11) is 0. The first-order chi connectivity index (χ1) is 9.65. The number of Topliss-reactive ketones (excluding diaryl/α,β-unsaturated/α-hetero) is 1. The number of anilines is 1. The van der Waals surface area contributed by atoms with E-state index in [0.29, 0.717) is 11.3 Å². The van der Waals surface area contributed by atoms with Crippen LogP contribution in [-0.2, 0) is 0 Å². The molecule has 0 fully saturated rings. The van der Waals surface area contributed by atoms with E-state index in [-0.39, 0.29) is 12.3 Å². The van der Waals surface area contributed by atoms with Gasteiger partial charge in [-0.1, -0.05) is 18.2 Å². The van der Waals surface area contributed by atoms with Gasteiger partial charge in [0.2, 0.25) is 0 Å². The Labute approximate surface area is 115 Å². The van der Waals surface area contributed by atoms with Crippen LogP contribution in [0.15, 0.2) is 54.6 Å². The molecule has 2 amide bonds. The minimum Gasteiger partial charge on any atom is -0.330 e. The normalized spacial score (nSPS) is 9.85. The van der Waals surface area contributed by atoms with Crippen molar-refractivity contribution < 1.29 is 14.0 Å². The van der Waals surface area contributed by atoms with E-state index in [0.717, 1.165) is 0 Å². The fourth-order valence-electron chi connectivity index (χ4n) is 1.60. The van der Waals surface area contributed by atoms with E-state index in [2.05, 4.69) is 10.6 Å². The van der Waals surface area contributed by atoms with Crippen molar-refractivity contribution >= 4 is 17.5 Å². The molecule has 2 rings (SSSR count). The number of ketones is 1. The number of hydrogen-bond acceptors (Lipinski definition) is 2. The van der Waals surface area contributed by atoms with Gasteiger partial charge in [-0.15, -0.1) is 0 Å². The third kappa shape index (κ3) is 3.91. The average Bonchev–Trinajstić information content (AvgIpc) is 2.46. The molecule has 0 saturated carbocycles. The third-order valence-electron chi connectivity index (χ3n) is 2.61. The van der Waals surface area contributed by atoms with Crippen LogP contribution in [0.3, 0.4) is 0 Å². The topological polar surface area (TPSA) is 58.2 Å². The molecule has 0 aliphatic carbocycles. The number of benzene rings is 2. The minimum atomic E-state index is -0.466. The zero-order chi connectivity index (χ0) is 14.4. The molecule has 2 N–H and O–H groups in total. The zero-order valence-electron chi connectivity index (χ0n) is 10.6. The summed E-state index contributed by atoms with van der Waals surface area (Å²) in [5, 5.41) is 5.05. The van der Waals surface area contributed by atoms with Crippen LogP contribution in [-0.4, -0.2) is 18.4 Å². The first-order valence-electron chi connectivity index (χ1n) is 6.04. The van der Waals surface area contributed by atoms with Crippen LogP contribution in [0, 0.1) is 5.82 Å². The molecular formula is C15H13FN2O2. The molecule has 102 valence electrons. The van der Waals surface area contributed by atoms with Crippen LogP contribution in [0.2, 0.25) is 0 Å². The first kappa shape index (κ1) is 13.7. The molecule has 5 heteroatoms. The lowest BCUT2D eigenvalue weighted by atomic mass is 10.1. The number of urea groups is 1. The molecular weight excluding hydrogens is 259 g/mol. The van der Waals surface area contributed by atoms with Gasteiger partial charge in [0.15, 0.2) is 5.78 Å². The van der Waals surface area contributed by atoms with Crippen molar-refractivity contribution in [1.29, 1.82) is 0 Å². The maximum atomic E-state index is 12.7. The molecule has 0 saturated heterocycles. The van der Waals surface area contributed by atoms with E-state index < -0.39 is 11.8 Å². The van der Waals surface area contributed by atoms with E-state index in [1.165, 1.54) is 24.3 Å². The van der Waals surface area contributed by atoms with Crippen LogP contribution in [0.5, 0.6) is 0 Å². The van der Waals surface area contributed by atoms with E-state index in [9.17, 15) is 14.0 Å². The molecule has 2 aromatic carbocycles. The first-order valence-corrected chi connectivity index (χ1v) is 6.04. The number of carbonyl (C=O) groups is 2. The van der Waals surface area contributed by atoms with Gasteiger partial charge in [0.1, 0.15) is 5.82 Å². The molecule has 0 bridgehead atoms. The van der Waals surface area contributed by atoms with Gasteiger partial charge >= 0.3 is 6.03 Å². The number of nitrogens with one attached hydrogen (secondary N) is 2. The van der Waals surface area contributed by atoms with Gasteiger partial charge in [-0.2, -0.15) is 0 Å². The molecule has 0 aliphatic heterocycles. The highest BCUT2D eigenvalue weighted by atomic mass is 19.1. The Morgan fingerprint density at radius 1 is 0.950 bits per heavy atom. The summed E-state index contributed by atoms with van der Waals surface area (Å²) < 4.78 is 12.7. The average molecular weight is 272 g/mol. The predicted molar refractivity (Wildman–Crippen MR) is 74.2 cm³/mol. The quantitative estimate of drug-likeness (QED) is 0.841. The molecule has 0 radical (unpaired) electrons. The molecule has 0 spiro atoms. The highest BCUT2D eigenvalue weighted by Crippen LogP contribution is 2.05. The van der Waals surface area contributed by atoms with Crippen molar-refractivity contribution in [2.75, 3.05) is 11.9 Å². The molecule has 0 aliphatic rings. The minimum absolute atomic E-state index is 0.149. The van der Waals surface area contributed by atoms with Gasteiger partial charge in [0.05, 0.1) is 6.54 Å². The van der Waals surface area contributed by atoms with Gasteiger partial charge < -0.3 is 10.6 Å². The lowest BCUT2D eigenvalue weighted by Crippen LogP contribution is -2.33. The Morgan fingerprint density at radius 2 is 1.60 bits per heavy atom. The second kappa shape index (κ2) is 6.47. The summed E-state index contributed by atoms with van der Waals surface area (Å²) in [4.78, 5) is 23.3. The Hall–Kier alpha value is -2.69. The number of para-hydroxylation sites is 1. The van der Waals surface area contributed by atoms with Crippen LogP contribution in [0.1, 0.15) is 10.4 Å². The molecule has 0 unspecified atom stereocenters. The van der Waals surface area contributed by atoms with Gasteiger partial charge in [0, 0.05) is 11.3 Å². The van der Waals surface area contributed by atoms with Crippen LogP contribution < -0.4 is 10.6 Å². The molecule has 0 heterocycles. The highest BCUT2D eigenvalue weighted by Gasteiger charge is 2.08. The Balaban J connectivity index is 1.84. The molecule has 4 nitrogen and oxygen atoms in total. The Kier molecular flexibility index (Phi) is 4.44. The van der Waals surface area contributed by atoms with Crippen molar-refractivity contribution in [3.8, 4) is 0 Å². The number of rotatable bonds is 4. The Morgan fingerprint density at radius 3 is 2.25 bits per heavy atom. The number of carbonyl (C=O) groups excluding carboxylic acids is 2. The molecule has 20 heavy (non-hydrogen) atoms. The molecule has 0 aromatic heterocycles. The zero-order valence-corrected chi connectivity index (χ0v) is 10.6. The maximum absolute atomic E-state index is 12.7. The second-order valence-electron chi connectivity index (χ2n) is 4.10. The van der Waals surface area contributed by atoms with Crippen molar-refractivity contribution in [1.82, 2.24) is 5.32 Å². The van der Waals surface area contributed by atoms with E-state index in [1.54, 1.807) is 24.3 Å². The van der Waals surface area contributed by atoms with Crippen LogP contribution in [0.25, 0.3) is 0 Å². The monoisotopic (exact) mass is 272 g/mol. The Bertz CT molecular complexity index is 597. The summed E-state index contributed by atoms with van der Waals surface area (Å²) in [6.45, 7) is -0.149. The number of amides is 2. The van der Waals surface area contributed by atoms with E-state index in [1.807, 2.05) is 6.07 Å². The van der Waals surface area contributed by atoms with Crippen molar-refractivity contribution in [3.63, 3.8) is 0 Å². The number of halogens is 1. The standard InChI is InChI=1S/C15H13FN2O2/c16-12-8-6-11(7-9-12)14(19)10-17-15(20)18-13-4-2-1-3-5-13/h1-9H,10H2,(H2,17,18,20). The van der Waals surface area contributed by atoms with Gasteiger partial charge in [-0.25, -0.2) is 9.18 Å². The van der Waals surface area contributed by atoms with Crippen LogP contribution in [0.4, 0.5) is 14.9 Å². The second-order valence-corrected chi connectivity index (χ2v) is 4.10. The maximum Gasteiger partial charge on any atom is 0.319 e. The molecule has 0 atom stereocenters. The predicted octanol–water partition coefficient (Wildman–Crippen LogP) is 2.83. The summed E-state index contributed by atoms with van der Waals surface area (Å²) in [5.41, 5.74) is 0.991. The summed E-state index contributed by atoms with van der Waals surface area (Å²) in [5.74, 6) is -0.690. The lowest BCUT2D eigenvalue weighted by molar-refractivity contribution is 0.0993. The third-order valence-corrected chi connectivity index (χ3v) is 2.61. The number of hydrogen-bond donors (Lipinski definition) is 2. The summed E-state index contributed by atoms with van der Waals surface area (Å²) >= 11 is 0. The SMILES string of the molecule is O=C(NCC(=O)c1ccc(F)cc1)Nc1ccccc1.